The van der Waals surface area contributed by atoms with Crippen LogP contribution in [0.25, 0.3) is 0 Å². The van der Waals surface area contributed by atoms with Crippen molar-refractivity contribution in [1.82, 2.24) is 0 Å². The Morgan fingerprint density at radius 3 is 2.67 bits per heavy atom. The van der Waals surface area contributed by atoms with Crippen molar-refractivity contribution in [3.63, 3.8) is 0 Å². The van der Waals surface area contributed by atoms with Crippen molar-refractivity contribution in [3.8, 4) is 0 Å². The number of halogens is 1. The number of nitrogens with two attached hydrogens (primary N) is 1. The Hall–Kier alpha value is -1.09. The summed E-state index contributed by atoms with van der Waals surface area (Å²) in [5.74, 6) is -0.172. The van der Waals surface area contributed by atoms with Crippen LogP contribution in [0.5, 0.6) is 0 Å². The van der Waals surface area contributed by atoms with Crippen molar-refractivity contribution >= 4 is 5.69 Å². The lowest BCUT2D eigenvalue weighted by atomic mass is 9.94. The molecule has 0 atom stereocenters. The molecule has 1 aliphatic rings. The molecule has 0 amide bonds. The maximum absolute atomic E-state index is 13.2. The van der Waals surface area contributed by atoms with Crippen molar-refractivity contribution in [2.75, 3.05) is 18.0 Å². The van der Waals surface area contributed by atoms with Gasteiger partial charge in [0.15, 0.2) is 0 Å². The Bertz CT molecular complexity index is 386. The van der Waals surface area contributed by atoms with E-state index >= 15 is 0 Å². The molecule has 1 aromatic carbocycles. The molecule has 0 spiro atoms. The van der Waals surface area contributed by atoms with Crippen molar-refractivity contribution in [2.45, 2.75) is 44.6 Å². The molecular formula is C15H23FN2. The standard InChI is InChI=1S/C15H23FN2/c1-2-18(14-7-5-6-13(16)12-14)11-10-15(17)8-3-4-9-15/h5-7,12H,2-4,8-11,17H2,1H3. The lowest BCUT2D eigenvalue weighted by Gasteiger charge is -2.29. The molecule has 100 valence electrons. The summed E-state index contributed by atoms with van der Waals surface area (Å²) >= 11 is 0. The molecule has 1 saturated carbocycles. The molecule has 0 bridgehead atoms. The highest BCUT2D eigenvalue weighted by Gasteiger charge is 2.29. The number of hydrogen-bond donors (Lipinski definition) is 1. The summed E-state index contributed by atoms with van der Waals surface area (Å²) in [6, 6.07) is 6.81. The van der Waals surface area contributed by atoms with E-state index < -0.39 is 0 Å². The molecule has 1 aromatic rings. The van der Waals surface area contributed by atoms with E-state index in [0.29, 0.717) is 0 Å². The minimum atomic E-state index is -0.172. The van der Waals surface area contributed by atoms with E-state index in [0.717, 1.165) is 38.0 Å². The quantitative estimate of drug-likeness (QED) is 0.868. The van der Waals surface area contributed by atoms with Crippen LogP contribution in [0.1, 0.15) is 39.0 Å². The summed E-state index contributed by atoms with van der Waals surface area (Å²) in [4.78, 5) is 2.20. The largest absolute Gasteiger partial charge is 0.372 e. The van der Waals surface area contributed by atoms with Gasteiger partial charge in [-0.15, -0.1) is 0 Å². The van der Waals surface area contributed by atoms with Gasteiger partial charge in [-0.1, -0.05) is 18.9 Å². The molecule has 0 saturated heterocycles. The third-order valence-electron chi connectivity index (χ3n) is 4.03. The SMILES string of the molecule is CCN(CCC1(N)CCCC1)c1cccc(F)c1. The predicted molar refractivity (Wildman–Crippen MR) is 74.3 cm³/mol. The van der Waals surface area contributed by atoms with Gasteiger partial charge in [-0.05, 0) is 44.4 Å². The van der Waals surface area contributed by atoms with Crippen LogP contribution in [-0.4, -0.2) is 18.6 Å². The van der Waals surface area contributed by atoms with Crippen LogP contribution in [0.2, 0.25) is 0 Å². The maximum atomic E-state index is 13.2. The van der Waals surface area contributed by atoms with Crippen molar-refractivity contribution in [3.05, 3.63) is 30.1 Å². The average molecular weight is 250 g/mol. The molecule has 0 radical (unpaired) electrons. The summed E-state index contributed by atoms with van der Waals surface area (Å²) in [6.45, 7) is 3.90. The highest BCUT2D eigenvalue weighted by atomic mass is 19.1. The Morgan fingerprint density at radius 2 is 2.06 bits per heavy atom. The fraction of sp³-hybridized carbons (Fsp3) is 0.600. The van der Waals surface area contributed by atoms with Gasteiger partial charge in [0.1, 0.15) is 5.82 Å². The van der Waals surface area contributed by atoms with Crippen molar-refractivity contribution in [2.24, 2.45) is 5.73 Å². The first kappa shape index (κ1) is 13.3. The summed E-state index contributed by atoms with van der Waals surface area (Å²) in [6.07, 6.45) is 5.77. The summed E-state index contributed by atoms with van der Waals surface area (Å²) < 4.78 is 13.2. The van der Waals surface area contributed by atoms with Gasteiger partial charge in [-0.25, -0.2) is 4.39 Å². The van der Waals surface area contributed by atoms with Gasteiger partial charge < -0.3 is 10.6 Å². The number of rotatable bonds is 5. The molecule has 2 nitrogen and oxygen atoms in total. The zero-order valence-corrected chi connectivity index (χ0v) is 11.2. The highest BCUT2D eigenvalue weighted by Crippen LogP contribution is 2.30. The second-order valence-corrected chi connectivity index (χ2v) is 5.38. The van der Waals surface area contributed by atoms with Gasteiger partial charge in [-0.3, -0.25) is 0 Å². The third kappa shape index (κ3) is 3.22. The smallest absolute Gasteiger partial charge is 0.125 e. The van der Waals surface area contributed by atoms with Gasteiger partial charge >= 0.3 is 0 Å². The normalized spacial score (nSPS) is 17.9. The fourth-order valence-corrected chi connectivity index (χ4v) is 2.83. The molecule has 2 rings (SSSR count). The molecule has 18 heavy (non-hydrogen) atoms. The Kier molecular flexibility index (Phi) is 4.23. The molecule has 2 N–H and O–H groups in total. The maximum Gasteiger partial charge on any atom is 0.125 e. The summed E-state index contributed by atoms with van der Waals surface area (Å²) in [5.41, 5.74) is 7.34. The van der Waals surface area contributed by atoms with E-state index in [2.05, 4.69) is 11.8 Å². The molecule has 0 aromatic heterocycles. The van der Waals surface area contributed by atoms with Gasteiger partial charge in [0, 0.05) is 24.3 Å². The monoisotopic (exact) mass is 250 g/mol. The zero-order valence-electron chi connectivity index (χ0n) is 11.2. The first-order chi connectivity index (χ1) is 8.63. The fourth-order valence-electron chi connectivity index (χ4n) is 2.83. The molecule has 0 heterocycles. The van der Waals surface area contributed by atoms with E-state index in [-0.39, 0.29) is 11.4 Å². The minimum Gasteiger partial charge on any atom is -0.372 e. The van der Waals surface area contributed by atoms with Crippen LogP contribution < -0.4 is 10.6 Å². The molecule has 3 heteroatoms. The lowest BCUT2D eigenvalue weighted by molar-refractivity contribution is 0.406. The van der Waals surface area contributed by atoms with Crippen LogP contribution >= 0.6 is 0 Å². The van der Waals surface area contributed by atoms with Gasteiger partial charge in [0.05, 0.1) is 0 Å². The lowest BCUT2D eigenvalue weighted by Crippen LogP contribution is -2.40. The van der Waals surface area contributed by atoms with Crippen LogP contribution in [0.3, 0.4) is 0 Å². The second kappa shape index (κ2) is 5.70. The molecule has 0 aliphatic heterocycles. The average Bonchev–Trinajstić information content (AvgIpc) is 2.77. The molecule has 1 aliphatic carbocycles. The van der Waals surface area contributed by atoms with Gasteiger partial charge in [0.2, 0.25) is 0 Å². The molecule has 0 unspecified atom stereocenters. The number of benzene rings is 1. The van der Waals surface area contributed by atoms with E-state index in [1.165, 1.54) is 18.9 Å². The topological polar surface area (TPSA) is 29.3 Å². The molecule has 1 fully saturated rings. The van der Waals surface area contributed by atoms with Crippen molar-refractivity contribution < 1.29 is 4.39 Å². The first-order valence-electron chi connectivity index (χ1n) is 6.92. The zero-order chi connectivity index (χ0) is 13.0. The number of anilines is 1. The van der Waals surface area contributed by atoms with Crippen LogP contribution in [0.4, 0.5) is 10.1 Å². The molecular weight excluding hydrogens is 227 g/mol. The highest BCUT2D eigenvalue weighted by molar-refractivity contribution is 5.46. The van der Waals surface area contributed by atoms with Gasteiger partial charge in [0.25, 0.3) is 0 Å². The summed E-state index contributed by atoms with van der Waals surface area (Å²) in [7, 11) is 0. The number of nitrogens with zero attached hydrogens (tertiary/aromatic N) is 1. The van der Waals surface area contributed by atoms with E-state index in [1.807, 2.05) is 6.07 Å². The van der Waals surface area contributed by atoms with Crippen molar-refractivity contribution in [1.29, 1.82) is 0 Å². The van der Waals surface area contributed by atoms with E-state index in [1.54, 1.807) is 12.1 Å². The predicted octanol–water partition coefficient (Wildman–Crippen LogP) is 3.31. The Balaban J connectivity index is 1.97. The van der Waals surface area contributed by atoms with Crippen LogP contribution in [0.15, 0.2) is 24.3 Å². The van der Waals surface area contributed by atoms with Crippen LogP contribution in [-0.2, 0) is 0 Å². The number of hydrogen-bond acceptors (Lipinski definition) is 2. The summed E-state index contributed by atoms with van der Waals surface area (Å²) in [5, 5.41) is 0. The third-order valence-corrected chi connectivity index (χ3v) is 4.03. The van der Waals surface area contributed by atoms with Gasteiger partial charge in [-0.2, -0.15) is 0 Å². The van der Waals surface area contributed by atoms with E-state index in [9.17, 15) is 4.39 Å². The first-order valence-corrected chi connectivity index (χ1v) is 6.92. The van der Waals surface area contributed by atoms with E-state index in [4.69, 9.17) is 5.73 Å². The second-order valence-electron chi connectivity index (χ2n) is 5.38. The van der Waals surface area contributed by atoms with Crippen LogP contribution in [0, 0.1) is 5.82 Å². The Labute approximate surface area is 109 Å². The minimum absolute atomic E-state index is 0.0146. The Morgan fingerprint density at radius 1 is 1.33 bits per heavy atom.